The molecule has 6 heteroatoms. The van der Waals surface area contributed by atoms with Crippen molar-refractivity contribution in [2.24, 2.45) is 0 Å². The number of ether oxygens (including phenoxy) is 1. The molecule has 0 atom stereocenters. The maximum atomic E-state index is 10.0. The summed E-state index contributed by atoms with van der Waals surface area (Å²) in [6, 6.07) is 3.29. The maximum absolute atomic E-state index is 10.0. The Morgan fingerprint density at radius 3 is 2.70 bits per heavy atom. The van der Waals surface area contributed by atoms with E-state index >= 15 is 0 Å². The zero-order chi connectivity index (χ0) is 14.7. The zero-order valence-corrected chi connectivity index (χ0v) is 12.4. The van der Waals surface area contributed by atoms with E-state index < -0.39 is 0 Å². The topological polar surface area (TPSA) is 67.5 Å². The van der Waals surface area contributed by atoms with Crippen LogP contribution in [0.5, 0.6) is 11.5 Å². The average Bonchev–Trinajstić information content (AvgIpc) is 2.73. The van der Waals surface area contributed by atoms with Crippen LogP contribution in [0.3, 0.4) is 0 Å². The highest BCUT2D eigenvalue weighted by Gasteiger charge is 2.11. The predicted molar refractivity (Wildman–Crippen MR) is 76.2 cm³/mol. The molecule has 0 saturated heterocycles. The Morgan fingerprint density at radius 2 is 2.10 bits per heavy atom. The first-order valence-electron chi connectivity index (χ1n) is 6.20. The molecule has 0 bridgehead atoms. The van der Waals surface area contributed by atoms with Gasteiger partial charge >= 0.3 is 0 Å². The Kier molecular flexibility index (Phi) is 4.52. The number of aromatic nitrogens is 1. The SMILES string of the molecule is COc1cc(Cl)cc(CNCc2c(C)noc2C)c1O. The lowest BCUT2D eigenvalue weighted by atomic mass is 10.1. The van der Waals surface area contributed by atoms with Crippen LogP contribution >= 0.6 is 11.6 Å². The van der Waals surface area contributed by atoms with Gasteiger partial charge in [-0.2, -0.15) is 0 Å². The maximum Gasteiger partial charge on any atom is 0.162 e. The van der Waals surface area contributed by atoms with Gasteiger partial charge in [-0.25, -0.2) is 0 Å². The molecule has 2 N–H and O–H groups in total. The van der Waals surface area contributed by atoms with Crippen LogP contribution in [-0.2, 0) is 13.1 Å². The number of phenolic OH excluding ortho intramolecular Hbond substituents is 1. The molecule has 20 heavy (non-hydrogen) atoms. The van der Waals surface area contributed by atoms with E-state index in [4.69, 9.17) is 20.9 Å². The number of hydrogen-bond acceptors (Lipinski definition) is 5. The van der Waals surface area contributed by atoms with Crippen molar-refractivity contribution in [2.45, 2.75) is 26.9 Å². The molecule has 0 radical (unpaired) electrons. The van der Waals surface area contributed by atoms with Crippen LogP contribution in [0.15, 0.2) is 16.7 Å². The monoisotopic (exact) mass is 296 g/mol. The lowest BCUT2D eigenvalue weighted by molar-refractivity contribution is 0.369. The highest BCUT2D eigenvalue weighted by Crippen LogP contribution is 2.33. The summed E-state index contributed by atoms with van der Waals surface area (Å²) in [5, 5.41) is 17.7. The van der Waals surface area contributed by atoms with E-state index in [0.717, 1.165) is 17.0 Å². The molecule has 2 aromatic rings. The Hall–Kier alpha value is -1.72. The van der Waals surface area contributed by atoms with Gasteiger partial charge in [0, 0.05) is 35.3 Å². The molecule has 0 aliphatic heterocycles. The van der Waals surface area contributed by atoms with Crippen molar-refractivity contribution in [2.75, 3.05) is 7.11 Å². The minimum Gasteiger partial charge on any atom is -0.504 e. The molecule has 0 unspecified atom stereocenters. The van der Waals surface area contributed by atoms with Crippen LogP contribution in [0.2, 0.25) is 5.02 Å². The highest BCUT2D eigenvalue weighted by molar-refractivity contribution is 6.30. The minimum absolute atomic E-state index is 0.100. The van der Waals surface area contributed by atoms with E-state index in [1.165, 1.54) is 7.11 Å². The molecule has 1 aromatic carbocycles. The summed E-state index contributed by atoms with van der Waals surface area (Å²) in [4.78, 5) is 0. The molecule has 1 heterocycles. The summed E-state index contributed by atoms with van der Waals surface area (Å²) in [5.41, 5.74) is 2.57. The van der Waals surface area contributed by atoms with Gasteiger partial charge in [0.1, 0.15) is 5.76 Å². The van der Waals surface area contributed by atoms with E-state index in [2.05, 4.69) is 10.5 Å². The fourth-order valence-electron chi connectivity index (χ4n) is 2.00. The highest BCUT2D eigenvalue weighted by atomic mass is 35.5. The fourth-order valence-corrected chi connectivity index (χ4v) is 2.23. The normalized spacial score (nSPS) is 10.8. The molecule has 0 aliphatic rings. The quantitative estimate of drug-likeness (QED) is 0.888. The van der Waals surface area contributed by atoms with Gasteiger partial charge in [-0.05, 0) is 19.9 Å². The van der Waals surface area contributed by atoms with Crippen molar-refractivity contribution in [3.05, 3.63) is 39.7 Å². The number of aromatic hydroxyl groups is 1. The van der Waals surface area contributed by atoms with Crippen molar-refractivity contribution in [3.63, 3.8) is 0 Å². The van der Waals surface area contributed by atoms with Crippen molar-refractivity contribution in [1.29, 1.82) is 0 Å². The number of benzene rings is 1. The van der Waals surface area contributed by atoms with Crippen molar-refractivity contribution in [1.82, 2.24) is 10.5 Å². The van der Waals surface area contributed by atoms with E-state index in [9.17, 15) is 5.11 Å². The van der Waals surface area contributed by atoms with Gasteiger partial charge in [0.15, 0.2) is 11.5 Å². The Labute approximate surface area is 122 Å². The summed E-state index contributed by atoms with van der Waals surface area (Å²) in [6.07, 6.45) is 0. The number of methoxy groups -OCH3 is 1. The summed E-state index contributed by atoms with van der Waals surface area (Å²) in [6.45, 7) is 4.84. The summed E-state index contributed by atoms with van der Waals surface area (Å²) in [5.74, 6) is 1.26. The second-order valence-corrected chi connectivity index (χ2v) is 4.96. The molecular formula is C14H17ClN2O3. The molecule has 0 saturated carbocycles. The van der Waals surface area contributed by atoms with Crippen LogP contribution < -0.4 is 10.1 Å². The largest absolute Gasteiger partial charge is 0.504 e. The third-order valence-corrected chi connectivity index (χ3v) is 3.36. The number of hydrogen-bond donors (Lipinski definition) is 2. The van der Waals surface area contributed by atoms with E-state index in [1.54, 1.807) is 12.1 Å². The van der Waals surface area contributed by atoms with Crippen molar-refractivity contribution in [3.8, 4) is 11.5 Å². The molecule has 5 nitrogen and oxygen atoms in total. The van der Waals surface area contributed by atoms with Crippen LogP contribution in [0.25, 0.3) is 0 Å². The van der Waals surface area contributed by atoms with Gasteiger partial charge in [0.05, 0.1) is 12.8 Å². The Balaban J connectivity index is 2.06. The van der Waals surface area contributed by atoms with Crippen molar-refractivity contribution < 1.29 is 14.4 Å². The third-order valence-electron chi connectivity index (χ3n) is 3.14. The van der Waals surface area contributed by atoms with Crippen LogP contribution in [0.1, 0.15) is 22.6 Å². The first-order chi connectivity index (χ1) is 9.52. The zero-order valence-electron chi connectivity index (χ0n) is 11.7. The fraction of sp³-hybridized carbons (Fsp3) is 0.357. The number of aryl methyl sites for hydroxylation is 2. The second-order valence-electron chi connectivity index (χ2n) is 4.52. The van der Waals surface area contributed by atoms with Gasteiger partial charge in [0.2, 0.25) is 0 Å². The van der Waals surface area contributed by atoms with Crippen LogP contribution in [0, 0.1) is 13.8 Å². The standard InChI is InChI=1S/C14H17ClN2O3/c1-8-12(9(2)20-17-8)7-16-6-10-4-11(15)5-13(19-3)14(10)18/h4-5,16,18H,6-7H2,1-3H3. The molecule has 0 aliphatic carbocycles. The summed E-state index contributed by atoms with van der Waals surface area (Å²) in [7, 11) is 1.49. The molecule has 0 spiro atoms. The lowest BCUT2D eigenvalue weighted by Gasteiger charge is -2.10. The first-order valence-corrected chi connectivity index (χ1v) is 6.58. The third kappa shape index (κ3) is 3.05. The second kappa shape index (κ2) is 6.15. The van der Waals surface area contributed by atoms with Crippen LogP contribution in [0.4, 0.5) is 0 Å². The Morgan fingerprint density at radius 1 is 1.35 bits per heavy atom. The minimum atomic E-state index is 0.100. The molecule has 108 valence electrons. The average molecular weight is 297 g/mol. The lowest BCUT2D eigenvalue weighted by Crippen LogP contribution is -2.14. The van der Waals surface area contributed by atoms with Gasteiger partial charge in [-0.1, -0.05) is 16.8 Å². The number of phenols is 1. The molecule has 0 fully saturated rings. The summed E-state index contributed by atoms with van der Waals surface area (Å²) < 4.78 is 10.2. The molecule has 2 rings (SSSR count). The predicted octanol–water partition coefficient (Wildman–Crippen LogP) is 2.95. The number of halogens is 1. The van der Waals surface area contributed by atoms with Gasteiger partial charge in [0.25, 0.3) is 0 Å². The number of nitrogens with one attached hydrogen (secondary N) is 1. The van der Waals surface area contributed by atoms with Gasteiger partial charge in [-0.15, -0.1) is 0 Å². The molecule has 1 aromatic heterocycles. The van der Waals surface area contributed by atoms with E-state index in [0.29, 0.717) is 29.4 Å². The van der Waals surface area contributed by atoms with Crippen molar-refractivity contribution >= 4 is 11.6 Å². The van der Waals surface area contributed by atoms with E-state index in [1.807, 2.05) is 13.8 Å². The van der Waals surface area contributed by atoms with Crippen LogP contribution in [-0.4, -0.2) is 17.4 Å². The summed E-state index contributed by atoms with van der Waals surface area (Å²) >= 11 is 5.99. The number of rotatable bonds is 5. The number of nitrogens with zero attached hydrogens (tertiary/aromatic N) is 1. The Bertz CT molecular complexity index is 591. The smallest absolute Gasteiger partial charge is 0.162 e. The van der Waals surface area contributed by atoms with Gasteiger partial charge < -0.3 is 19.7 Å². The first kappa shape index (κ1) is 14.7. The molecular weight excluding hydrogens is 280 g/mol. The molecule has 0 amide bonds. The van der Waals surface area contributed by atoms with Gasteiger partial charge in [-0.3, -0.25) is 0 Å². The van der Waals surface area contributed by atoms with E-state index in [-0.39, 0.29) is 5.75 Å².